The van der Waals surface area contributed by atoms with Crippen LogP contribution in [0.2, 0.25) is 0 Å². The van der Waals surface area contributed by atoms with Crippen LogP contribution in [0.5, 0.6) is 0 Å². The van der Waals surface area contributed by atoms with Crippen molar-refractivity contribution in [3.63, 3.8) is 0 Å². The molecule has 0 nitrogen and oxygen atoms in total. The smallest absolute Gasteiger partial charge is 0.0226 e. The predicted molar refractivity (Wildman–Crippen MR) is 66.3 cm³/mol. The molecule has 0 fully saturated rings. The van der Waals surface area contributed by atoms with Crippen LogP contribution in [0.1, 0.15) is 0 Å². The molecule has 81 valence electrons. The summed E-state index contributed by atoms with van der Waals surface area (Å²) in [5.41, 5.74) is 0. The summed E-state index contributed by atoms with van der Waals surface area (Å²) in [7, 11) is 5.04. The molecule has 0 aromatic heterocycles. The first-order chi connectivity index (χ1) is 7.45. The zero-order valence-corrected chi connectivity index (χ0v) is 10.7. The predicted octanol–water partition coefficient (Wildman–Crippen LogP) is 3.00. The maximum absolute atomic E-state index is 4.26. The number of rotatable bonds is 2. The molecular weight excluding hydrogens is 269 g/mol. The molecule has 0 radical (unpaired) electrons. The van der Waals surface area contributed by atoms with Gasteiger partial charge in [-0.1, -0.05) is 69.2 Å². The van der Waals surface area contributed by atoms with Crippen LogP contribution in [0.15, 0.2) is 60.7 Å². The molecule has 0 unspecified atom stereocenters. The molecule has 0 aliphatic carbocycles. The van der Waals surface area contributed by atoms with Crippen LogP contribution >= 0.6 is 18.8 Å². The standard InChI is InChI=1S/C12H11P.ClH.Ni/c1-3-7-11(8-4-1)13-12-9-5-2-6-10-12;;/h1-10,13H;1H;/q;;+1/p-1. The number of hydrogen-bond donors (Lipinski definition) is 0. The quantitative estimate of drug-likeness (QED) is 0.586. The fourth-order valence-corrected chi connectivity index (χ4v) is 2.26. The van der Waals surface area contributed by atoms with Crippen LogP contribution in [0.3, 0.4) is 0 Å². The summed E-state index contributed by atoms with van der Waals surface area (Å²) in [5.74, 6) is 0. The summed E-state index contributed by atoms with van der Waals surface area (Å²) in [5, 5.41) is 2.79. The second-order valence-electron chi connectivity index (χ2n) is 2.86. The summed E-state index contributed by atoms with van der Waals surface area (Å²) in [6, 6.07) is 21.2. The van der Waals surface area contributed by atoms with Crippen LogP contribution in [0.25, 0.3) is 0 Å². The zero-order valence-electron chi connectivity index (χ0n) is 7.97. The zero-order chi connectivity index (χ0) is 10.9. The van der Waals surface area contributed by atoms with Crippen molar-refractivity contribution in [3.05, 3.63) is 60.7 Å². The van der Waals surface area contributed by atoms with Gasteiger partial charge in [-0.3, -0.25) is 0 Å². The molecule has 2 aromatic rings. The molecule has 0 heterocycles. The molecule has 2 rings (SSSR count). The Morgan fingerprint density at radius 2 is 1.00 bits per heavy atom. The molecular formula is C12H11ClNiP. The van der Waals surface area contributed by atoms with E-state index < -0.39 is 0 Å². The molecule has 0 aliphatic heterocycles. The molecule has 0 aliphatic rings. The van der Waals surface area contributed by atoms with Gasteiger partial charge in [0, 0.05) is 0 Å². The van der Waals surface area contributed by atoms with Gasteiger partial charge < -0.3 is 0 Å². The molecule has 0 amide bonds. The van der Waals surface area contributed by atoms with Gasteiger partial charge in [-0.25, -0.2) is 0 Å². The van der Waals surface area contributed by atoms with Crippen molar-refractivity contribution in [2.24, 2.45) is 0 Å². The van der Waals surface area contributed by atoms with E-state index in [1.165, 1.54) is 10.6 Å². The fourth-order valence-electron chi connectivity index (χ4n) is 1.21. The average molecular weight is 280 g/mol. The first kappa shape index (κ1) is 12.7. The Morgan fingerprint density at radius 1 is 0.667 bits per heavy atom. The van der Waals surface area contributed by atoms with E-state index in [1.54, 1.807) is 0 Å². The minimum absolute atomic E-state index is 0.777. The first-order valence-corrected chi connectivity index (χ1v) is 6.80. The van der Waals surface area contributed by atoms with Crippen LogP contribution in [-0.4, -0.2) is 0 Å². The second kappa shape index (κ2) is 7.88. The Balaban J connectivity index is 0.000000531. The Kier molecular flexibility index (Phi) is 6.69. The molecule has 15 heavy (non-hydrogen) atoms. The monoisotopic (exact) mass is 279 g/mol. The Labute approximate surface area is 104 Å². The molecule has 3 heteroatoms. The van der Waals surface area contributed by atoms with Gasteiger partial charge in [0.2, 0.25) is 0 Å². The third kappa shape index (κ3) is 4.80. The number of halogens is 1. The third-order valence-electron chi connectivity index (χ3n) is 1.84. The Bertz CT molecular complexity index is 326. The van der Waals surface area contributed by atoms with Crippen LogP contribution in [-0.2, 0) is 14.6 Å². The maximum atomic E-state index is 4.26. The van der Waals surface area contributed by atoms with Crippen molar-refractivity contribution < 1.29 is 14.6 Å². The fraction of sp³-hybridized carbons (Fsp3) is 0. The van der Waals surface area contributed by atoms with Crippen molar-refractivity contribution in [3.8, 4) is 0 Å². The summed E-state index contributed by atoms with van der Waals surface area (Å²) >= 11 is 3.35. The Hall–Kier alpha value is -0.346. The second-order valence-corrected chi connectivity index (χ2v) is 4.26. The topological polar surface area (TPSA) is 0 Å². The maximum Gasteiger partial charge on any atom is -0.0226 e. The van der Waals surface area contributed by atoms with E-state index >= 15 is 0 Å². The molecule has 0 atom stereocenters. The van der Waals surface area contributed by atoms with Gasteiger partial charge in [0.05, 0.1) is 0 Å². The van der Waals surface area contributed by atoms with E-state index in [-0.39, 0.29) is 0 Å². The summed E-state index contributed by atoms with van der Waals surface area (Å²) in [4.78, 5) is 0. The minimum atomic E-state index is 0.777. The first-order valence-electron chi connectivity index (χ1n) is 4.44. The summed E-state index contributed by atoms with van der Waals surface area (Å²) < 4.78 is 0. The molecule has 2 aromatic carbocycles. The van der Waals surface area contributed by atoms with E-state index in [1.807, 2.05) is 0 Å². The molecule has 0 N–H and O–H groups in total. The van der Waals surface area contributed by atoms with Crippen molar-refractivity contribution in [2.45, 2.75) is 0 Å². The van der Waals surface area contributed by atoms with Gasteiger partial charge in [-0.05, 0) is 10.6 Å². The average Bonchev–Trinajstić information content (AvgIpc) is 2.34. The van der Waals surface area contributed by atoms with Gasteiger partial charge >= 0.3 is 24.8 Å². The van der Waals surface area contributed by atoms with Gasteiger partial charge in [0.25, 0.3) is 0 Å². The third-order valence-corrected chi connectivity index (χ3v) is 3.08. The number of hydrogen-bond acceptors (Lipinski definition) is 0. The van der Waals surface area contributed by atoms with E-state index in [2.05, 4.69) is 85.4 Å². The van der Waals surface area contributed by atoms with Crippen molar-refractivity contribution in [2.75, 3.05) is 0 Å². The van der Waals surface area contributed by atoms with Gasteiger partial charge in [-0.2, -0.15) is 0 Å². The van der Waals surface area contributed by atoms with Gasteiger partial charge in [-0.15, -0.1) is 0 Å². The SMILES string of the molecule is [Cl][Ni].c1ccc(Pc2ccccc2)cc1. The summed E-state index contributed by atoms with van der Waals surface area (Å²) in [6.45, 7) is 0. The molecule has 0 spiro atoms. The van der Waals surface area contributed by atoms with Crippen LogP contribution in [0.4, 0.5) is 0 Å². The minimum Gasteiger partial charge on any atom is -0.0622 e. The van der Waals surface area contributed by atoms with Gasteiger partial charge in [0.15, 0.2) is 0 Å². The molecule has 0 saturated heterocycles. The van der Waals surface area contributed by atoms with E-state index in [0.717, 1.165) is 8.58 Å². The van der Waals surface area contributed by atoms with Crippen LogP contribution in [0, 0.1) is 0 Å². The van der Waals surface area contributed by atoms with Crippen molar-refractivity contribution in [1.29, 1.82) is 0 Å². The van der Waals surface area contributed by atoms with Crippen molar-refractivity contribution in [1.82, 2.24) is 0 Å². The summed E-state index contributed by atoms with van der Waals surface area (Å²) in [6.07, 6.45) is 0. The Morgan fingerprint density at radius 3 is 1.33 bits per heavy atom. The van der Waals surface area contributed by atoms with Crippen LogP contribution < -0.4 is 10.6 Å². The molecule has 0 bridgehead atoms. The van der Waals surface area contributed by atoms with E-state index in [9.17, 15) is 0 Å². The van der Waals surface area contributed by atoms with E-state index in [4.69, 9.17) is 0 Å². The largest absolute Gasteiger partial charge is 0.0622 e. The van der Waals surface area contributed by atoms with Gasteiger partial charge in [0.1, 0.15) is 0 Å². The number of benzene rings is 2. The normalized spacial score (nSPS) is 9.00. The van der Waals surface area contributed by atoms with Crippen molar-refractivity contribution >= 4 is 29.4 Å². The molecule has 0 saturated carbocycles. The van der Waals surface area contributed by atoms with E-state index in [0.29, 0.717) is 0 Å².